The van der Waals surface area contributed by atoms with E-state index in [1.54, 1.807) is 20.1 Å². The minimum Gasteiger partial charge on any atom is -0.495 e. The predicted molar refractivity (Wildman–Crippen MR) is 144 cm³/mol. The van der Waals surface area contributed by atoms with Crippen LogP contribution in [-0.4, -0.2) is 67.8 Å². The first-order valence-electron chi connectivity index (χ1n) is 12.1. The van der Waals surface area contributed by atoms with Gasteiger partial charge in [0, 0.05) is 55.0 Å². The Bertz CT molecular complexity index is 1290. The van der Waals surface area contributed by atoms with Crippen molar-refractivity contribution in [3.05, 3.63) is 52.2 Å². The number of methoxy groups -OCH3 is 1. The van der Waals surface area contributed by atoms with Crippen molar-refractivity contribution in [2.75, 3.05) is 56.7 Å². The Hall–Kier alpha value is -3.23. The van der Waals surface area contributed by atoms with Gasteiger partial charge in [0.05, 0.1) is 37.0 Å². The van der Waals surface area contributed by atoms with Gasteiger partial charge in [-0.3, -0.25) is 9.69 Å². The highest BCUT2D eigenvalue weighted by molar-refractivity contribution is 6.30. The van der Waals surface area contributed by atoms with Gasteiger partial charge >= 0.3 is 5.97 Å². The molecule has 1 N–H and O–H groups in total. The number of nitrogens with zero attached hydrogens (tertiary/aromatic N) is 3. The third-order valence-corrected chi connectivity index (χ3v) is 7.07. The highest BCUT2D eigenvalue weighted by Crippen LogP contribution is 2.38. The standard InChI is InChI=1S/C27H33ClN4O4/c1-6-36-27(34)24-18(3)30(4)20-9-10-22(35-5)26(25(20)24)29-23(33)16-31-11-13-32(14-12-31)21-15-19(28)8-7-17(21)2/h7-10,15H,6,11-14,16H2,1-5H3,(H,29,33). The van der Waals surface area contributed by atoms with E-state index in [2.05, 4.69) is 22.0 Å². The van der Waals surface area contributed by atoms with Gasteiger partial charge < -0.3 is 24.3 Å². The Morgan fingerprint density at radius 3 is 2.47 bits per heavy atom. The molecule has 1 aromatic heterocycles. The molecule has 1 amide bonds. The van der Waals surface area contributed by atoms with Crippen molar-refractivity contribution in [1.29, 1.82) is 0 Å². The van der Waals surface area contributed by atoms with Gasteiger partial charge in [-0.15, -0.1) is 0 Å². The number of esters is 1. The molecule has 0 atom stereocenters. The second kappa shape index (κ2) is 10.8. The summed E-state index contributed by atoms with van der Waals surface area (Å²) in [5.41, 5.74) is 4.82. The normalized spacial score (nSPS) is 14.2. The first-order valence-corrected chi connectivity index (χ1v) is 12.5. The number of carbonyl (C=O) groups excluding carboxylic acids is 2. The Kier molecular flexibility index (Phi) is 7.76. The molecular weight excluding hydrogens is 480 g/mol. The number of anilines is 2. The molecule has 36 heavy (non-hydrogen) atoms. The smallest absolute Gasteiger partial charge is 0.340 e. The van der Waals surface area contributed by atoms with Gasteiger partial charge in [0.1, 0.15) is 5.75 Å². The van der Waals surface area contributed by atoms with Gasteiger partial charge in [0.25, 0.3) is 0 Å². The van der Waals surface area contributed by atoms with Crippen molar-refractivity contribution in [2.45, 2.75) is 20.8 Å². The van der Waals surface area contributed by atoms with Crippen LogP contribution in [0.4, 0.5) is 11.4 Å². The van der Waals surface area contributed by atoms with Crippen molar-refractivity contribution in [1.82, 2.24) is 9.47 Å². The summed E-state index contributed by atoms with van der Waals surface area (Å²) in [4.78, 5) is 30.4. The van der Waals surface area contributed by atoms with Crippen LogP contribution in [-0.2, 0) is 16.6 Å². The number of nitrogens with one attached hydrogen (secondary N) is 1. The number of halogens is 1. The van der Waals surface area contributed by atoms with E-state index < -0.39 is 5.97 Å². The van der Waals surface area contributed by atoms with Crippen molar-refractivity contribution in [2.24, 2.45) is 7.05 Å². The summed E-state index contributed by atoms with van der Waals surface area (Å²) in [6.07, 6.45) is 0. The maximum absolute atomic E-state index is 13.2. The molecule has 0 unspecified atom stereocenters. The number of aromatic nitrogens is 1. The molecule has 9 heteroatoms. The van der Waals surface area contributed by atoms with Crippen LogP contribution in [0.2, 0.25) is 5.02 Å². The summed E-state index contributed by atoms with van der Waals surface area (Å²) >= 11 is 6.21. The van der Waals surface area contributed by atoms with E-state index in [4.69, 9.17) is 21.1 Å². The highest BCUT2D eigenvalue weighted by atomic mass is 35.5. The SMILES string of the molecule is CCOC(=O)c1c(C)n(C)c2ccc(OC)c(NC(=O)CN3CCN(c4cc(Cl)ccc4C)CC3)c12. The lowest BCUT2D eigenvalue weighted by molar-refractivity contribution is -0.117. The van der Waals surface area contributed by atoms with Crippen molar-refractivity contribution < 1.29 is 19.1 Å². The second-order valence-corrected chi connectivity index (χ2v) is 9.46. The summed E-state index contributed by atoms with van der Waals surface area (Å²) in [5.74, 6) is -0.0884. The first kappa shape index (κ1) is 25.9. The zero-order valence-corrected chi connectivity index (χ0v) is 22.2. The largest absolute Gasteiger partial charge is 0.495 e. The average molecular weight is 513 g/mol. The molecule has 1 aliphatic heterocycles. The zero-order valence-electron chi connectivity index (χ0n) is 21.5. The van der Waals surface area contributed by atoms with E-state index in [1.165, 1.54) is 5.56 Å². The number of benzene rings is 2. The van der Waals surface area contributed by atoms with Crippen LogP contribution in [0.25, 0.3) is 10.9 Å². The average Bonchev–Trinajstić information content (AvgIpc) is 3.12. The second-order valence-electron chi connectivity index (χ2n) is 9.02. The van der Waals surface area contributed by atoms with Gasteiger partial charge in [-0.2, -0.15) is 0 Å². The molecular formula is C27H33ClN4O4. The minimum absolute atomic E-state index is 0.162. The van der Waals surface area contributed by atoms with E-state index in [0.717, 1.165) is 48.1 Å². The van der Waals surface area contributed by atoms with E-state index in [9.17, 15) is 9.59 Å². The quantitative estimate of drug-likeness (QED) is 0.473. The molecule has 1 aliphatic rings. The third kappa shape index (κ3) is 5.01. The molecule has 3 aromatic rings. The maximum Gasteiger partial charge on any atom is 0.340 e. The van der Waals surface area contributed by atoms with Crippen molar-refractivity contribution in [3.8, 4) is 5.75 Å². The summed E-state index contributed by atoms with van der Waals surface area (Å²) in [6, 6.07) is 9.61. The number of fused-ring (bicyclic) bond motifs is 1. The van der Waals surface area contributed by atoms with Crippen molar-refractivity contribution >= 4 is 45.8 Å². The summed E-state index contributed by atoms with van der Waals surface area (Å²) in [6.45, 7) is 9.33. The molecule has 8 nitrogen and oxygen atoms in total. The lowest BCUT2D eigenvalue weighted by Crippen LogP contribution is -2.48. The lowest BCUT2D eigenvalue weighted by atomic mass is 10.1. The summed E-state index contributed by atoms with van der Waals surface area (Å²) in [7, 11) is 3.44. The highest BCUT2D eigenvalue weighted by Gasteiger charge is 2.26. The number of hydrogen-bond donors (Lipinski definition) is 1. The number of hydrogen-bond acceptors (Lipinski definition) is 6. The summed E-state index contributed by atoms with van der Waals surface area (Å²) in [5, 5.41) is 4.38. The fourth-order valence-electron chi connectivity index (χ4n) is 4.83. The number of piperazine rings is 1. The van der Waals surface area contributed by atoms with E-state index in [-0.39, 0.29) is 19.1 Å². The van der Waals surface area contributed by atoms with Crippen LogP contribution < -0.4 is 15.0 Å². The van der Waals surface area contributed by atoms with Gasteiger partial charge in [0.2, 0.25) is 5.91 Å². The predicted octanol–water partition coefficient (Wildman–Crippen LogP) is 4.39. The number of rotatable bonds is 7. The summed E-state index contributed by atoms with van der Waals surface area (Å²) < 4.78 is 12.8. The zero-order chi connectivity index (χ0) is 26.0. The molecule has 0 saturated carbocycles. The van der Waals surface area contributed by atoms with Crippen LogP contribution in [0.5, 0.6) is 5.75 Å². The molecule has 2 aromatic carbocycles. The van der Waals surface area contributed by atoms with Crippen LogP contribution in [0.15, 0.2) is 30.3 Å². The molecule has 0 radical (unpaired) electrons. The van der Waals surface area contributed by atoms with Crippen LogP contribution in [0.3, 0.4) is 0 Å². The molecule has 0 aliphatic carbocycles. The monoisotopic (exact) mass is 512 g/mol. The number of carbonyl (C=O) groups is 2. The molecule has 1 saturated heterocycles. The van der Waals surface area contributed by atoms with E-state index in [1.807, 2.05) is 42.8 Å². The van der Waals surface area contributed by atoms with Gasteiger partial charge in [0.15, 0.2) is 0 Å². The fraction of sp³-hybridized carbons (Fsp3) is 0.407. The molecule has 1 fully saturated rings. The van der Waals surface area contributed by atoms with Gasteiger partial charge in [-0.25, -0.2) is 4.79 Å². The van der Waals surface area contributed by atoms with E-state index >= 15 is 0 Å². The molecule has 2 heterocycles. The molecule has 0 spiro atoms. The van der Waals surface area contributed by atoms with Crippen LogP contribution in [0, 0.1) is 13.8 Å². The number of aryl methyl sites for hydroxylation is 2. The van der Waals surface area contributed by atoms with Crippen LogP contribution >= 0.6 is 11.6 Å². The lowest BCUT2D eigenvalue weighted by Gasteiger charge is -2.36. The third-order valence-electron chi connectivity index (χ3n) is 6.84. The Morgan fingerprint density at radius 1 is 1.08 bits per heavy atom. The number of amides is 1. The maximum atomic E-state index is 13.2. The first-order chi connectivity index (χ1) is 17.2. The Labute approximate surface area is 216 Å². The molecule has 4 rings (SSSR count). The van der Waals surface area contributed by atoms with Gasteiger partial charge in [-0.05, 0) is 50.6 Å². The fourth-order valence-corrected chi connectivity index (χ4v) is 5.00. The van der Waals surface area contributed by atoms with Crippen molar-refractivity contribution in [3.63, 3.8) is 0 Å². The number of ether oxygens (including phenoxy) is 2. The molecule has 0 bridgehead atoms. The van der Waals surface area contributed by atoms with E-state index in [0.29, 0.717) is 22.4 Å². The topological polar surface area (TPSA) is 76.0 Å². The Balaban J connectivity index is 1.53. The van der Waals surface area contributed by atoms with Crippen LogP contribution in [0.1, 0.15) is 28.5 Å². The minimum atomic E-state index is -0.420. The molecule has 192 valence electrons. The van der Waals surface area contributed by atoms with Gasteiger partial charge in [-0.1, -0.05) is 17.7 Å². The Morgan fingerprint density at radius 2 is 1.81 bits per heavy atom.